The van der Waals surface area contributed by atoms with Gasteiger partial charge in [-0.15, -0.1) is 35.9 Å². The van der Waals surface area contributed by atoms with Crippen molar-refractivity contribution in [3.05, 3.63) is 71.5 Å². The third-order valence-electron chi connectivity index (χ3n) is 3.95. The summed E-state index contributed by atoms with van der Waals surface area (Å²) < 4.78 is 5.30. The van der Waals surface area contributed by atoms with Crippen LogP contribution < -0.4 is 9.64 Å². The third kappa shape index (κ3) is 6.66. The maximum atomic E-state index is 12.1. The smallest absolute Gasteiger partial charge is 0.316 e. The van der Waals surface area contributed by atoms with Gasteiger partial charge in [-0.1, -0.05) is 0 Å². The van der Waals surface area contributed by atoms with E-state index in [1.165, 1.54) is 19.9 Å². The molecule has 6 nitrogen and oxygen atoms in total. The fraction of sp³-hybridized carbons (Fsp3) is 0.227. The van der Waals surface area contributed by atoms with Crippen LogP contribution in [0.5, 0.6) is 5.75 Å². The van der Waals surface area contributed by atoms with Crippen molar-refractivity contribution in [2.75, 3.05) is 25.6 Å². The first-order valence-corrected chi connectivity index (χ1v) is 8.69. The van der Waals surface area contributed by atoms with Gasteiger partial charge in [0, 0.05) is 32.8 Å². The third-order valence-corrected chi connectivity index (χ3v) is 3.95. The Kier molecular flexibility index (Phi) is 9.45. The SMILES string of the molecule is CC(=[OH+])/C=C(/C)O.COc1ccc2c(c1)C(c1[c-]cccc1)=NCC(=O)N2C.[Ir]. The van der Waals surface area contributed by atoms with E-state index in [4.69, 9.17) is 14.6 Å². The van der Waals surface area contributed by atoms with Gasteiger partial charge in [-0.3, -0.25) is 9.59 Å². The molecule has 29 heavy (non-hydrogen) atoms. The summed E-state index contributed by atoms with van der Waals surface area (Å²) in [6.45, 7) is 3.13. The topological polar surface area (TPSA) is 83.5 Å². The number of allylic oxidation sites excluding steroid dienone is 2. The van der Waals surface area contributed by atoms with Gasteiger partial charge in [0.05, 0.1) is 25.9 Å². The van der Waals surface area contributed by atoms with Crippen LogP contribution in [0.25, 0.3) is 0 Å². The van der Waals surface area contributed by atoms with Gasteiger partial charge in [0.2, 0.25) is 5.91 Å². The zero-order valence-electron chi connectivity index (χ0n) is 16.8. The molecule has 3 rings (SSSR count). The number of ether oxygens (including phenoxy) is 1. The molecule has 0 atom stereocenters. The Morgan fingerprint density at radius 1 is 1.31 bits per heavy atom. The fourth-order valence-electron chi connectivity index (χ4n) is 2.67. The number of benzene rings is 2. The summed E-state index contributed by atoms with van der Waals surface area (Å²) in [4.78, 5) is 26.6. The van der Waals surface area contributed by atoms with Gasteiger partial charge in [0.25, 0.3) is 0 Å². The summed E-state index contributed by atoms with van der Waals surface area (Å²) in [5, 5.41) is 8.40. The van der Waals surface area contributed by atoms with Crippen molar-refractivity contribution in [3.63, 3.8) is 0 Å². The molecular formula is C22H24IrN2O4. The standard InChI is InChI=1S/C17H15N2O2.C5H8O2.Ir/c1-19-15-9-8-13(21-2)10-14(15)17(18-11-16(19)20)12-6-4-3-5-7-12;1-4(6)3-5(2)7;/h3-6,8-10H,11H2,1-2H3;3,6H,1-2H3;/q-1;;/p+1/b;4-3-;. The number of anilines is 1. The number of aliphatic hydroxyl groups excluding tert-OH is 1. The van der Waals surface area contributed by atoms with Crippen molar-refractivity contribution in [2.45, 2.75) is 13.8 Å². The Hall–Kier alpha value is -2.76. The molecule has 1 radical (unpaired) electrons. The minimum atomic E-state index is -0.0349. The monoisotopic (exact) mass is 573 g/mol. The Bertz CT molecular complexity index is 920. The van der Waals surface area contributed by atoms with Gasteiger partial charge in [0.15, 0.2) is 0 Å². The number of benzodiazepines with no additional fused rings is 1. The minimum absolute atomic E-state index is 0. The molecule has 1 heterocycles. The number of aliphatic imine (C=N–C) groups is 1. The number of amides is 1. The Morgan fingerprint density at radius 2 is 2.03 bits per heavy atom. The molecule has 0 aromatic heterocycles. The predicted molar refractivity (Wildman–Crippen MR) is 111 cm³/mol. The summed E-state index contributed by atoms with van der Waals surface area (Å²) in [7, 11) is 3.39. The second-order valence-electron chi connectivity index (χ2n) is 6.20. The van der Waals surface area contributed by atoms with E-state index in [9.17, 15) is 4.79 Å². The maximum Gasteiger partial charge on any atom is 0.316 e. The van der Waals surface area contributed by atoms with Gasteiger partial charge in [0.1, 0.15) is 12.3 Å². The van der Waals surface area contributed by atoms with Crippen LogP contribution in [0.3, 0.4) is 0 Å². The van der Waals surface area contributed by atoms with Crippen LogP contribution >= 0.6 is 0 Å². The van der Waals surface area contributed by atoms with Gasteiger partial charge in [-0.2, -0.15) is 0 Å². The van der Waals surface area contributed by atoms with Crippen LogP contribution in [0.15, 0.2) is 59.3 Å². The van der Waals surface area contributed by atoms with Crippen LogP contribution in [0.2, 0.25) is 0 Å². The number of ketones is 1. The maximum absolute atomic E-state index is 12.1. The fourth-order valence-corrected chi connectivity index (χ4v) is 2.67. The molecule has 0 bridgehead atoms. The first-order valence-electron chi connectivity index (χ1n) is 8.69. The number of nitrogens with zero attached hydrogens (tertiary/aromatic N) is 2. The zero-order chi connectivity index (χ0) is 20.7. The average Bonchev–Trinajstić information content (AvgIpc) is 2.79. The van der Waals surface area contributed by atoms with E-state index in [1.807, 2.05) is 42.5 Å². The second-order valence-corrected chi connectivity index (χ2v) is 6.20. The van der Waals surface area contributed by atoms with Crippen molar-refractivity contribution in [3.8, 4) is 5.75 Å². The zero-order valence-corrected chi connectivity index (χ0v) is 19.2. The summed E-state index contributed by atoms with van der Waals surface area (Å²) in [6.07, 6.45) is 1.28. The minimum Gasteiger partial charge on any atom is -0.512 e. The molecule has 2 aromatic rings. The Labute approximate surface area is 184 Å². The molecule has 7 heteroatoms. The summed E-state index contributed by atoms with van der Waals surface area (Å²) in [6, 6.07) is 16.4. The number of methoxy groups -OCH3 is 1. The van der Waals surface area contributed by atoms with Crippen LogP contribution in [0.1, 0.15) is 25.0 Å². The second kappa shape index (κ2) is 11.3. The summed E-state index contributed by atoms with van der Waals surface area (Å²) in [5.74, 6) is 0.951. The molecule has 1 aliphatic heterocycles. The number of hydrogen-bond acceptors (Lipinski definition) is 4. The van der Waals surface area contributed by atoms with Gasteiger partial charge < -0.3 is 19.7 Å². The number of hydrogen-bond donors (Lipinski definition) is 1. The predicted octanol–water partition coefficient (Wildman–Crippen LogP) is 3.32. The average molecular weight is 573 g/mol. The van der Waals surface area contributed by atoms with Crippen LogP contribution in [0.4, 0.5) is 5.69 Å². The molecule has 1 amide bonds. The van der Waals surface area contributed by atoms with E-state index in [1.54, 1.807) is 19.1 Å². The summed E-state index contributed by atoms with van der Waals surface area (Å²) in [5.41, 5.74) is 3.34. The van der Waals surface area contributed by atoms with Crippen molar-refractivity contribution < 1.29 is 39.5 Å². The molecule has 0 fully saturated rings. The van der Waals surface area contributed by atoms with E-state index in [2.05, 4.69) is 11.1 Å². The Balaban J connectivity index is 0.000000456. The van der Waals surface area contributed by atoms with Crippen molar-refractivity contribution in [1.29, 1.82) is 0 Å². The molecule has 0 unspecified atom stereocenters. The molecular weight excluding hydrogens is 548 g/mol. The van der Waals surface area contributed by atoms with Crippen LogP contribution in [-0.2, 0) is 24.9 Å². The number of rotatable bonds is 3. The van der Waals surface area contributed by atoms with Gasteiger partial charge in [-0.05, 0) is 36.4 Å². The summed E-state index contributed by atoms with van der Waals surface area (Å²) >= 11 is 0. The van der Waals surface area contributed by atoms with E-state index in [0.717, 1.165) is 28.3 Å². The molecule has 0 saturated heterocycles. The van der Waals surface area contributed by atoms with Gasteiger partial charge >= 0.3 is 5.78 Å². The molecule has 0 aliphatic carbocycles. The largest absolute Gasteiger partial charge is 0.512 e. The molecule has 0 spiro atoms. The van der Waals surface area contributed by atoms with Crippen molar-refractivity contribution >= 4 is 23.1 Å². The number of aliphatic hydroxyl groups is 1. The molecule has 155 valence electrons. The normalized spacial score (nSPS) is 13.1. The van der Waals surface area contributed by atoms with E-state index in [-0.39, 0.29) is 44.1 Å². The first kappa shape index (κ1) is 24.3. The van der Waals surface area contributed by atoms with Crippen LogP contribution in [0, 0.1) is 6.07 Å². The molecule has 2 aromatic carbocycles. The number of fused-ring (bicyclic) bond motifs is 1. The van der Waals surface area contributed by atoms with Crippen molar-refractivity contribution in [1.82, 2.24) is 0 Å². The van der Waals surface area contributed by atoms with Gasteiger partial charge in [-0.25, -0.2) is 0 Å². The first-order chi connectivity index (χ1) is 13.3. The van der Waals surface area contributed by atoms with E-state index in [0.29, 0.717) is 0 Å². The molecule has 1 aliphatic rings. The molecule has 0 saturated carbocycles. The number of carbonyl (C=O) groups is 1. The quantitative estimate of drug-likeness (QED) is 0.265. The van der Waals surface area contributed by atoms with E-state index >= 15 is 0 Å². The van der Waals surface area contributed by atoms with E-state index < -0.39 is 0 Å². The number of likely N-dealkylation sites (N-methyl/N-ethyl adjacent to an activating group) is 1. The Morgan fingerprint density at radius 3 is 2.55 bits per heavy atom. The molecule has 2 N–H and O–H groups in total. The van der Waals surface area contributed by atoms with Crippen LogP contribution in [-0.4, -0.2) is 48.0 Å². The number of carbonyl (C=O) groups excluding carboxylic acids is 2. The van der Waals surface area contributed by atoms with Crippen molar-refractivity contribution in [2.24, 2.45) is 4.99 Å².